The average molecular weight is 417 g/mol. The summed E-state index contributed by atoms with van der Waals surface area (Å²) in [6.07, 6.45) is 0. The van der Waals surface area contributed by atoms with Crippen molar-refractivity contribution in [3.8, 4) is 0 Å². The number of halogens is 1. The molecule has 0 atom stereocenters. The van der Waals surface area contributed by atoms with E-state index in [9.17, 15) is 14.0 Å². The van der Waals surface area contributed by atoms with E-state index in [0.29, 0.717) is 11.4 Å². The number of hydrogen-bond acceptors (Lipinski definition) is 7. The second kappa shape index (κ2) is 9.58. The molecule has 0 radical (unpaired) electrons. The lowest BCUT2D eigenvalue weighted by Crippen LogP contribution is -2.39. The predicted octanol–water partition coefficient (Wildman–Crippen LogP) is 3.51. The first-order valence-electron chi connectivity index (χ1n) is 8.76. The highest BCUT2D eigenvalue weighted by molar-refractivity contribution is 7.98. The topological polar surface area (TPSA) is 65.1 Å². The van der Waals surface area contributed by atoms with Gasteiger partial charge in [-0.2, -0.15) is 0 Å². The highest BCUT2D eigenvalue weighted by atomic mass is 32.2. The molecule has 0 saturated carbocycles. The van der Waals surface area contributed by atoms with Crippen molar-refractivity contribution in [2.45, 2.75) is 10.6 Å². The zero-order valence-corrected chi connectivity index (χ0v) is 16.8. The molecule has 2 aromatic rings. The maximum absolute atomic E-state index is 13.5. The zero-order valence-electron chi connectivity index (χ0n) is 16.0. The fourth-order valence-corrected chi connectivity index (χ4v) is 3.93. The van der Waals surface area contributed by atoms with Gasteiger partial charge in [-0.1, -0.05) is 24.3 Å². The molecular formula is C21H20FNO5S. The highest BCUT2D eigenvalue weighted by Gasteiger charge is 2.33. The fraction of sp³-hybridized carbons (Fsp3) is 0.238. The molecule has 0 N–H and O–H groups in total. The van der Waals surface area contributed by atoms with E-state index in [0.717, 1.165) is 10.5 Å². The van der Waals surface area contributed by atoms with Crippen LogP contribution < -0.4 is 4.90 Å². The SMILES string of the molecule is COC(=O)C1=C(C(=O)OC)N(c2ccccc2SCc2cccc(F)c2)COC1. The lowest BCUT2D eigenvalue weighted by Gasteiger charge is -2.32. The number of methoxy groups -OCH3 is 2. The van der Waals surface area contributed by atoms with E-state index in [1.165, 1.54) is 38.1 Å². The Balaban J connectivity index is 1.96. The average Bonchev–Trinajstić information content (AvgIpc) is 2.76. The molecular weight excluding hydrogens is 397 g/mol. The Labute approximate surface area is 172 Å². The molecule has 1 heterocycles. The van der Waals surface area contributed by atoms with E-state index in [1.807, 2.05) is 30.3 Å². The molecule has 1 aliphatic rings. The molecule has 6 nitrogen and oxygen atoms in total. The molecule has 152 valence electrons. The van der Waals surface area contributed by atoms with Crippen molar-refractivity contribution >= 4 is 29.4 Å². The second-order valence-electron chi connectivity index (χ2n) is 6.10. The van der Waals surface area contributed by atoms with E-state index < -0.39 is 11.9 Å². The molecule has 2 aromatic carbocycles. The number of carbonyl (C=O) groups excluding carboxylic acids is 2. The van der Waals surface area contributed by atoms with E-state index in [1.54, 1.807) is 11.0 Å². The second-order valence-corrected chi connectivity index (χ2v) is 7.12. The van der Waals surface area contributed by atoms with Crippen LogP contribution in [-0.2, 0) is 29.6 Å². The Kier molecular flexibility index (Phi) is 6.90. The van der Waals surface area contributed by atoms with Crippen molar-refractivity contribution in [3.63, 3.8) is 0 Å². The quantitative estimate of drug-likeness (QED) is 0.526. The van der Waals surface area contributed by atoms with E-state index in [2.05, 4.69) is 0 Å². The van der Waals surface area contributed by atoms with Gasteiger partial charge in [0.25, 0.3) is 0 Å². The predicted molar refractivity (Wildman–Crippen MR) is 107 cm³/mol. The third-order valence-corrected chi connectivity index (χ3v) is 5.41. The van der Waals surface area contributed by atoms with Crippen molar-refractivity contribution in [3.05, 3.63) is 71.2 Å². The number of esters is 2. The van der Waals surface area contributed by atoms with Gasteiger partial charge in [-0.15, -0.1) is 11.8 Å². The first-order chi connectivity index (χ1) is 14.0. The van der Waals surface area contributed by atoms with E-state index in [-0.39, 0.29) is 30.4 Å². The minimum atomic E-state index is -0.654. The molecule has 29 heavy (non-hydrogen) atoms. The van der Waals surface area contributed by atoms with Crippen LogP contribution in [0, 0.1) is 5.82 Å². The first-order valence-corrected chi connectivity index (χ1v) is 9.75. The van der Waals surface area contributed by atoms with Crippen LogP contribution in [0.5, 0.6) is 0 Å². The monoisotopic (exact) mass is 417 g/mol. The Hall–Kier alpha value is -2.84. The van der Waals surface area contributed by atoms with Crippen LogP contribution in [0.4, 0.5) is 10.1 Å². The molecule has 0 aromatic heterocycles. The first kappa shape index (κ1) is 20.9. The number of rotatable bonds is 6. The molecule has 0 bridgehead atoms. The molecule has 0 amide bonds. The summed E-state index contributed by atoms with van der Waals surface area (Å²) in [5.74, 6) is -1.07. The lowest BCUT2D eigenvalue weighted by molar-refractivity contribution is -0.140. The summed E-state index contributed by atoms with van der Waals surface area (Å²) < 4.78 is 28.7. The third-order valence-electron chi connectivity index (χ3n) is 4.27. The summed E-state index contributed by atoms with van der Waals surface area (Å²) in [5, 5.41) is 0. The van der Waals surface area contributed by atoms with Gasteiger partial charge >= 0.3 is 11.9 Å². The molecule has 1 aliphatic heterocycles. The standard InChI is InChI=1S/C21H20FNO5S/c1-26-20(24)16-11-28-13-23(19(16)21(25)27-2)17-8-3-4-9-18(17)29-12-14-6-5-7-15(22)10-14/h3-10H,11-13H2,1-2H3. The lowest BCUT2D eigenvalue weighted by atomic mass is 10.1. The van der Waals surface area contributed by atoms with E-state index >= 15 is 0 Å². The van der Waals surface area contributed by atoms with Crippen LogP contribution in [0.3, 0.4) is 0 Å². The maximum Gasteiger partial charge on any atom is 0.355 e. The van der Waals surface area contributed by atoms with E-state index in [4.69, 9.17) is 14.2 Å². The summed E-state index contributed by atoms with van der Waals surface area (Å²) in [6, 6.07) is 13.8. The van der Waals surface area contributed by atoms with Gasteiger partial charge in [-0.25, -0.2) is 14.0 Å². The van der Waals surface area contributed by atoms with Gasteiger partial charge in [0.05, 0.1) is 32.1 Å². The molecule has 0 unspecified atom stereocenters. The van der Waals surface area contributed by atoms with Crippen molar-refractivity contribution in [1.29, 1.82) is 0 Å². The minimum Gasteiger partial charge on any atom is -0.466 e. The number of nitrogens with zero attached hydrogens (tertiary/aromatic N) is 1. The van der Waals surface area contributed by atoms with Crippen LogP contribution in [0.1, 0.15) is 5.56 Å². The van der Waals surface area contributed by atoms with Crippen LogP contribution in [0.25, 0.3) is 0 Å². The van der Waals surface area contributed by atoms with Crippen LogP contribution in [0.2, 0.25) is 0 Å². The van der Waals surface area contributed by atoms with Gasteiger partial charge in [0.2, 0.25) is 0 Å². The van der Waals surface area contributed by atoms with Gasteiger partial charge < -0.3 is 19.1 Å². The van der Waals surface area contributed by atoms with Crippen molar-refractivity contribution in [2.75, 3.05) is 32.5 Å². The maximum atomic E-state index is 13.5. The molecule has 0 saturated heterocycles. The molecule has 8 heteroatoms. The summed E-state index contributed by atoms with van der Waals surface area (Å²) in [6.45, 7) is 0.0225. The number of anilines is 1. The van der Waals surface area contributed by atoms with Crippen LogP contribution >= 0.6 is 11.8 Å². The van der Waals surface area contributed by atoms with Gasteiger partial charge in [0, 0.05) is 10.6 Å². The molecule has 0 spiro atoms. The fourth-order valence-electron chi connectivity index (χ4n) is 2.92. The number of hydrogen-bond donors (Lipinski definition) is 0. The zero-order chi connectivity index (χ0) is 20.8. The number of benzene rings is 2. The molecule has 0 aliphatic carbocycles. The highest BCUT2D eigenvalue weighted by Crippen LogP contribution is 2.36. The van der Waals surface area contributed by atoms with Gasteiger partial charge in [0.15, 0.2) is 0 Å². The van der Waals surface area contributed by atoms with Crippen LogP contribution in [-0.4, -0.2) is 39.5 Å². The summed E-state index contributed by atoms with van der Waals surface area (Å²) in [7, 11) is 2.49. The van der Waals surface area contributed by atoms with Gasteiger partial charge in [0.1, 0.15) is 18.2 Å². The smallest absolute Gasteiger partial charge is 0.355 e. The van der Waals surface area contributed by atoms with Crippen molar-refractivity contribution in [2.24, 2.45) is 0 Å². The Morgan fingerprint density at radius 2 is 1.86 bits per heavy atom. The molecule has 0 fully saturated rings. The third kappa shape index (κ3) is 4.78. The number of thioether (sulfide) groups is 1. The Morgan fingerprint density at radius 1 is 1.10 bits per heavy atom. The van der Waals surface area contributed by atoms with Gasteiger partial charge in [-0.05, 0) is 29.8 Å². The van der Waals surface area contributed by atoms with Gasteiger partial charge in [-0.3, -0.25) is 0 Å². The number of para-hydroxylation sites is 1. The normalized spacial score (nSPS) is 14.0. The Morgan fingerprint density at radius 3 is 2.59 bits per heavy atom. The van der Waals surface area contributed by atoms with Crippen molar-refractivity contribution in [1.82, 2.24) is 0 Å². The number of carbonyl (C=O) groups is 2. The largest absolute Gasteiger partial charge is 0.466 e. The molecule has 3 rings (SSSR count). The summed E-state index contributed by atoms with van der Waals surface area (Å²) >= 11 is 1.48. The number of ether oxygens (including phenoxy) is 3. The summed E-state index contributed by atoms with van der Waals surface area (Å²) in [4.78, 5) is 27.1. The Bertz CT molecular complexity index is 946. The van der Waals surface area contributed by atoms with Crippen LogP contribution in [0.15, 0.2) is 64.7 Å². The minimum absolute atomic E-state index is 0.0494. The van der Waals surface area contributed by atoms with Crippen molar-refractivity contribution < 1.29 is 28.2 Å². The summed E-state index contributed by atoms with van der Waals surface area (Å²) in [5.41, 5.74) is 1.69.